The number of rotatable bonds is 7. The van der Waals surface area contributed by atoms with Crippen LogP contribution in [0, 0.1) is 5.82 Å². The number of amides is 1. The summed E-state index contributed by atoms with van der Waals surface area (Å²) in [5, 5.41) is 2.81. The third-order valence-electron chi connectivity index (χ3n) is 5.74. The Morgan fingerprint density at radius 3 is 2.56 bits per heavy atom. The number of carbonyl (C=O) groups excluding carboxylic acids is 1. The van der Waals surface area contributed by atoms with Crippen LogP contribution < -0.4 is 10.9 Å². The Morgan fingerprint density at radius 1 is 1.09 bits per heavy atom. The van der Waals surface area contributed by atoms with E-state index in [1.807, 2.05) is 25.1 Å². The Balaban J connectivity index is 1.49. The molecule has 7 heteroatoms. The van der Waals surface area contributed by atoms with Crippen LogP contribution in [0.5, 0.6) is 0 Å². The second-order valence-electron chi connectivity index (χ2n) is 8.05. The average molecular weight is 435 g/mol. The van der Waals surface area contributed by atoms with E-state index in [-0.39, 0.29) is 30.4 Å². The lowest BCUT2D eigenvalue weighted by molar-refractivity contribution is -0.121. The van der Waals surface area contributed by atoms with Gasteiger partial charge in [-0.25, -0.2) is 9.37 Å². The molecule has 0 aliphatic carbocycles. The zero-order valence-electron chi connectivity index (χ0n) is 18.2. The van der Waals surface area contributed by atoms with Gasteiger partial charge in [-0.2, -0.15) is 0 Å². The van der Waals surface area contributed by atoms with Crippen molar-refractivity contribution in [1.29, 1.82) is 0 Å². The van der Waals surface area contributed by atoms with Crippen LogP contribution in [0.3, 0.4) is 0 Å². The van der Waals surface area contributed by atoms with Crippen molar-refractivity contribution in [3.8, 4) is 0 Å². The normalized spacial score (nSPS) is 13.6. The molecule has 0 saturated carbocycles. The van der Waals surface area contributed by atoms with Gasteiger partial charge in [0.2, 0.25) is 5.91 Å². The first-order valence-electron chi connectivity index (χ1n) is 10.9. The molecule has 0 bridgehead atoms. The first kappa shape index (κ1) is 21.9. The molecule has 0 unspecified atom stereocenters. The summed E-state index contributed by atoms with van der Waals surface area (Å²) in [5.74, 6) is 0.0349. The smallest absolute Gasteiger partial charge is 0.258 e. The van der Waals surface area contributed by atoms with E-state index in [0.29, 0.717) is 24.4 Å². The van der Waals surface area contributed by atoms with Gasteiger partial charge >= 0.3 is 0 Å². The SMILES string of the molecule is CCc1nc2c(c(=O)n1CC(=O)NCc1ccc(F)cc1)CN(Cc1ccccc1)CC2. The van der Waals surface area contributed by atoms with Crippen LogP contribution in [0.15, 0.2) is 59.4 Å². The minimum Gasteiger partial charge on any atom is -0.350 e. The Kier molecular flexibility index (Phi) is 6.75. The molecule has 1 N–H and O–H groups in total. The summed E-state index contributed by atoms with van der Waals surface area (Å²) < 4.78 is 14.5. The van der Waals surface area contributed by atoms with Crippen molar-refractivity contribution < 1.29 is 9.18 Å². The number of aromatic nitrogens is 2. The fourth-order valence-corrected chi connectivity index (χ4v) is 4.03. The molecule has 1 aliphatic rings. The van der Waals surface area contributed by atoms with E-state index >= 15 is 0 Å². The summed E-state index contributed by atoms with van der Waals surface area (Å²) in [6.45, 7) is 4.27. The second kappa shape index (κ2) is 9.87. The number of hydrogen-bond donors (Lipinski definition) is 1. The first-order chi connectivity index (χ1) is 15.5. The van der Waals surface area contributed by atoms with E-state index < -0.39 is 0 Å². The number of benzene rings is 2. The van der Waals surface area contributed by atoms with Crippen molar-refractivity contribution in [3.63, 3.8) is 0 Å². The summed E-state index contributed by atoms with van der Waals surface area (Å²) in [7, 11) is 0. The minimum absolute atomic E-state index is 0.0812. The van der Waals surface area contributed by atoms with Gasteiger partial charge in [0.05, 0.1) is 11.3 Å². The van der Waals surface area contributed by atoms with Crippen molar-refractivity contribution >= 4 is 5.91 Å². The first-order valence-corrected chi connectivity index (χ1v) is 10.9. The third kappa shape index (κ3) is 5.11. The van der Waals surface area contributed by atoms with Gasteiger partial charge in [0.1, 0.15) is 18.2 Å². The third-order valence-corrected chi connectivity index (χ3v) is 5.74. The van der Waals surface area contributed by atoms with Gasteiger partial charge < -0.3 is 5.32 Å². The quantitative estimate of drug-likeness (QED) is 0.621. The highest BCUT2D eigenvalue weighted by Gasteiger charge is 2.24. The van der Waals surface area contributed by atoms with Crippen molar-refractivity contribution in [2.24, 2.45) is 0 Å². The number of hydrogen-bond acceptors (Lipinski definition) is 4. The summed E-state index contributed by atoms with van der Waals surface area (Å²) in [6.07, 6.45) is 1.30. The van der Waals surface area contributed by atoms with Crippen molar-refractivity contribution in [2.75, 3.05) is 6.54 Å². The number of carbonyl (C=O) groups is 1. The summed E-state index contributed by atoms with van der Waals surface area (Å²) in [6, 6.07) is 16.1. The molecule has 0 saturated heterocycles. The van der Waals surface area contributed by atoms with Crippen LogP contribution in [0.25, 0.3) is 0 Å². The van der Waals surface area contributed by atoms with Crippen molar-refractivity contribution in [2.45, 2.75) is 45.9 Å². The Bertz CT molecular complexity index is 1140. The number of fused-ring (bicyclic) bond motifs is 1. The molecule has 3 aromatic rings. The van der Waals surface area contributed by atoms with Crippen LogP contribution in [-0.2, 0) is 43.8 Å². The summed E-state index contributed by atoms with van der Waals surface area (Å²) >= 11 is 0. The predicted octanol–water partition coefficient (Wildman–Crippen LogP) is 2.82. The Hall–Kier alpha value is -3.32. The summed E-state index contributed by atoms with van der Waals surface area (Å²) in [4.78, 5) is 32.8. The van der Waals surface area contributed by atoms with Crippen LogP contribution >= 0.6 is 0 Å². The maximum atomic E-state index is 13.3. The number of nitrogens with one attached hydrogen (secondary N) is 1. The number of nitrogens with zero attached hydrogens (tertiary/aromatic N) is 3. The van der Waals surface area contributed by atoms with Crippen molar-refractivity contribution in [1.82, 2.24) is 19.8 Å². The molecule has 1 amide bonds. The molecule has 0 fully saturated rings. The zero-order valence-corrected chi connectivity index (χ0v) is 18.2. The van der Waals surface area contributed by atoms with Gasteiger partial charge in [0, 0.05) is 39.0 Å². The lowest BCUT2D eigenvalue weighted by atomic mass is 10.1. The molecule has 6 nitrogen and oxygen atoms in total. The molecular formula is C25H27FN4O2. The lowest BCUT2D eigenvalue weighted by Crippen LogP contribution is -2.41. The second-order valence-corrected chi connectivity index (χ2v) is 8.05. The molecule has 1 aromatic heterocycles. The largest absolute Gasteiger partial charge is 0.350 e. The van der Waals surface area contributed by atoms with Gasteiger partial charge in [0.15, 0.2) is 0 Å². The molecule has 32 heavy (non-hydrogen) atoms. The van der Waals surface area contributed by atoms with E-state index in [1.165, 1.54) is 22.3 Å². The van der Waals surface area contributed by atoms with Gasteiger partial charge in [-0.15, -0.1) is 0 Å². The van der Waals surface area contributed by atoms with Crippen LogP contribution in [0.2, 0.25) is 0 Å². The van der Waals surface area contributed by atoms with Crippen LogP contribution in [0.1, 0.15) is 35.1 Å². The van der Waals surface area contributed by atoms with Gasteiger partial charge in [0.25, 0.3) is 5.56 Å². The highest BCUT2D eigenvalue weighted by Crippen LogP contribution is 2.17. The van der Waals surface area contributed by atoms with E-state index in [2.05, 4.69) is 22.3 Å². The Morgan fingerprint density at radius 2 is 1.84 bits per heavy atom. The molecule has 166 valence electrons. The van der Waals surface area contributed by atoms with Gasteiger partial charge in [-0.05, 0) is 23.3 Å². The zero-order chi connectivity index (χ0) is 22.5. The molecular weight excluding hydrogens is 407 g/mol. The lowest BCUT2D eigenvalue weighted by Gasteiger charge is -2.28. The van der Waals surface area contributed by atoms with Gasteiger partial charge in [-0.3, -0.25) is 19.1 Å². The van der Waals surface area contributed by atoms with E-state index in [4.69, 9.17) is 4.98 Å². The monoisotopic (exact) mass is 434 g/mol. The van der Waals surface area contributed by atoms with Crippen molar-refractivity contribution in [3.05, 3.63) is 99.0 Å². The van der Waals surface area contributed by atoms with Gasteiger partial charge in [-0.1, -0.05) is 49.4 Å². The Labute approximate surface area is 186 Å². The van der Waals surface area contributed by atoms with Crippen LogP contribution in [-0.4, -0.2) is 26.9 Å². The number of halogens is 1. The summed E-state index contributed by atoms with van der Waals surface area (Å²) in [5.41, 5.74) is 3.38. The average Bonchev–Trinajstić information content (AvgIpc) is 2.81. The number of aryl methyl sites for hydroxylation is 1. The fraction of sp³-hybridized carbons (Fsp3) is 0.320. The molecule has 2 heterocycles. The standard InChI is InChI=1S/C25H27FN4O2/c1-2-23-28-22-12-13-29(15-19-6-4-3-5-7-19)16-21(22)25(32)30(23)17-24(31)27-14-18-8-10-20(26)11-9-18/h3-11H,2,12-17H2,1H3,(H,27,31). The predicted molar refractivity (Wildman–Crippen MR) is 120 cm³/mol. The minimum atomic E-state index is -0.319. The maximum absolute atomic E-state index is 13.3. The van der Waals surface area contributed by atoms with E-state index in [0.717, 1.165) is 30.8 Å². The highest BCUT2D eigenvalue weighted by atomic mass is 19.1. The topological polar surface area (TPSA) is 67.2 Å². The molecule has 2 aromatic carbocycles. The maximum Gasteiger partial charge on any atom is 0.258 e. The highest BCUT2D eigenvalue weighted by molar-refractivity contribution is 5.75. The fourth-order valence-electron chi connectivity index (χ4n) is 4.03. The molecule has 0 atom stereocenters. The molecule has 0 radical (unpaired) electrons. The van der Waals surface area contributed by atoms with E-state index in [9.17, 15) is 14.0 Å². The van der Waals surface area contributed by atoms with E-state index in [1.54, 1.807) is 12.1 Å². The van der Waals surface area contributed by atoms with Crippen LogP contribution in [0.4, 0.5) is 4.39 Å². The molecule has 1 aliphatic heterocycles. The molecule has 0 spiro atoms. The molecule has 4 rings (SSSR count).